The Balaban J connectivity index is 2.25. The molecular weight excluding hydrogens is 240 g/mol. The highest BCUT2D eigenvalue weighted by molar-refractivity contribution is 5.93. The zero-order valence-electron chi connectivity index (χ0n) is 10.7. The van der Waals surface area contributed by atoms with Gasteiger partial charge in [0.15, 0.2) is 0 Å². The molecule has 4 heteroatoms. The number of nitrogens with two attached hydrogens (primary N) is 1. The van der Waals surface area contributed by atoms with Crippen LogP contribution in [0.1, 0.15) is 21.5 Å². The van der Waals surface area contributed by atoms with Crippen LogP contribution in [0.15, 0.2) is 42.5 Å². The molecular formula is C15H16N2O2. The van der Waals surface area contributed by atoms with Crippen molar-refractivity contribution in [1.82, 2.24) is 0 Å². The van der Waals surface area contributed by atoms with Crippen LogP contribution >= 0.6 is 0 Å². The van der Waals surface area contributed by atoms with Gasteiger partial charge in [0, 0.05) is 6.54 Å². The molecule has 4 N–H and O–H groups in total. The molecule has 0 aliphatic carbocycles. The highest BCUT2D eigenvalue weighted by Crippen LogP contribution is 2.26. The average Bonchev–Trinajstić information content (AvgIpc) is 2.39. The lowest BCUT2D eigenvalue weighted by Gasteiger charge is -2.14. The second kappa shape index (κ2) is 5.44. The minimum atomic E-state index is -0.944. The van der Waals surface area contributed by atoms with E-state index in [1.54, 1.807) is 13.0 Å². The number of anilines is 2. The van der Waals surface area contributed by atoms with Crippen LogP contribution in [0.2, 0.25) is 0 Å². The molecule has 2 aromatic carbocycles. The number of carbonyl (C=O) groups is 1. The van der Waals surface area contributed by atoms with E-state index in [4.69, 9.17) is 10.8 Å². The molecule has 98 valence electrons. The molecule has 2 rings (SSSR count). The number of rotatable bonds is 4. The van der Waals surface area contributed by atoms with Crippen LogP contribution in [0.3, 0.4) is 0 Å². The van der Waals surface area contributed by atoms with Crippen molar-refractivity contribution in [3.8, 4) is 0 Å². The summed E-state index contributed by atoms with van der Waals surface area (Å²) in [4.78, 5) is 11.1. The lowest BCUT2D eigenvalue weighted by molar-refractivity contribution is 0.0696. The molecule has 0 atom stereocenters. The highest BCUT2D eigenvalue weighted by Gasteiger charge is 2.12. The van der Waals surface area contributed by atoms with Gasteiger partial charge in [0.05, 0.1) is 16.9 Å². The molecule has 0 saturated carbocycles. The summed E-state index contributed by atoms with van der Waals surface area (Å²) in [6.07, 6.45) is 0. The molecule has 2 aromatic rings. The van der Waals surface area contributed by atoms with Crippen LogP contribution in [0, 0.1) is 6.92 Å². The van der Waals surface area contributed by atoms with E-state index >= 15 is 0 Å². The molecule has 0 amide bonds. The quantitative estimate of drug-likeness (QED) is 0.735. The first-order chi connectivity index (χ1) is 9.09. The Labute approximate surface area is 111 Å². The largest absolute Gasteiger partial charge is 0.478 e. The molecule has 0 spiro atoms. The summed E-state index contributed by atoms with van der Waals surface area (Å²) >= 11 is 0. The van der Waals surface area contributed by atoms with E-state index in [0.29, 0.717) is 23.5 Å². The van der Waals surface area contributed by atoms with Gasteiger partial charge in [-0.3, -0.25) is 0 Å². The van der Waals surface area contributed by atoms with Gasteiger partial charge in [-0.15, -0.1) is 0 Å². The number of carboxylic acids is 1. The first-order valence-corrected chi connectivity index (χ1v) is 5.99. The molecule has 0 bridgehead atoms. The maximum Gasteiger partial charge on any atom is 0.336 e. The van der Waals surface area contributed by atoms with E-state index in [0.717, 1.165) is 5.56 Å². The number of nitrogen functional groups attached to an aromatic ring is 1. The van der Waals surface area contributed by atoms with Crippen molar-refractivity contribution >= 4 is 17.3 Å². The molecule has 0 radical (unpaired) electrons. The third-order valence-corrected chi connectivity index (χ3v) is 3.04. The number of benzene rings is 2. The van der Waals surface area contributed by atoms with Gasteiger partial charge < -0.3 is 16.2 Å². The van der Waals surface area contributed by atoms with Gasteiger partial charge in [-0.2, -0.15) is 0 Å². The Morgan fingerprint density at radius 3 is 2.53 bits per heavy atom. The monoisotopic (exact) mass is 256 g/mol. The van der Waals surface area contributed by atoms with Crippen molar-refractivity contribution < 1.29 is 9.90 Å². The molecule has 4 nitrogen and oxygen atoms in total. The summed E-state index contributed by atoms with van der Waals surface area (Å²) in [5.74, 6) is -0.944. The molecule has 0 aliphatic heterocycles. The van der Waals surface area contributed by atoms with Crippen molar-refractivity contribution in [2.75, 3.05) is 11.1 Å². The summed E-state index contributed by atoms with van der Waals surface area (Å²) < 4.78 is 0. The Morgan fingerprint density at radius 2 is 1.89 bits per heavy atom. The number of aromatic carboxylic acids is 1. The van der Waals surface area contributed by atoms with Crippen molar-refractivity contribution in [3.05, 3.63) is 59.2 Å². The Kier molecular flexibility index (Phi) is 3.71. The maximum absolute atomic E-state index is 11.1. The summed E-state index contributed by atoms with van der Waals surface area (Å²) in [7, 11) is 0. The third kappa shape index (κ3) is 2.85. The van der Waals surface area contributed by atoms with Crippen molar-refractivity contribution in [2.45, 2.75) is 13.5 Å². The highest BCUT2D eigenvalue weighted by atomic mass is 16.4. The van der Waals surface area contributed by atoms with E-state index in [2.05, 4.69) is 5.32 Å². The predicted octanol–water partition coefficient (Wildman–Crippen LogP) is 2.89. The second-order valence-electron chi connectivity index (χ2n) is 4.35. The fourth-order valence-electron chi connectivity index (χ4n) is 1.99. The van der Waals surface area contributed by atoms with E-state index in [1.165, 1.54) is 6.07 Å². The maximum atomic E-state index is 11.1. The lowest BCUT2D eigenvalue weighted by Crippen LogP contribution is -2.08. The van der Waals surface area contributed by atoms with E-state index in [1.807, 2.05) is 30.3 Å². The van der Waals surface area contributed by atoms with Gasteiger partial charge in [-0.1, -0.05) is 30.3 Å². The zero-order chi connectivity index (χ0) is 13.8. The van der Waals surface area contributed by atoms with E-state index < -0.39 is 5.97 Å². The normalized spacial score (nSPS) is 10.2. The van der Waals surface area contributed by atoms with Gasteiger partial charge in [0.2, 0.25) is 0 Å². The molecule has 0 aliphatic rings. The van der Waals surface area contributed by atoms with Crippen LogP contribution in [-0.4, -0.2) is 11.1 Å². The molecule has 0 heterocycles. The van der Waals surface area contributed by atoms with Crippen LogP contribution in [0.25, 0.3) is 0 Å². The van der Waals surface area contributed by atoms with Gasteiger partial charge in [-0.05, 0) is 30.2 Å². The molecule has 19 heavy (non-hydrogen) atoms. The Bertz CT molecular complexity index is 595. The number of hydrogen-bond donors (Lipinski definition) is 3. The summed E-state index contributed by atoms with van der Waals surface area (Å²) in [5, 5.41) is 12.3. The summed E-state index contributed by atoms with van der Waals surface area (Å²) in [6, 6.07) is 13.0. The summed E-state index contributed by atoms with van der Waals surface area (Å²) in [6.45, 7) is 2.36. The lowest BCUT2D eigenvalue weighted by atomic mass is 10.0. The van der Waals surface area contributed by atoms with Crippen LogP contribution < -0.4 is 11.1 Å². The fourth-order valence-corrected chi connectivity index (χ4v) is 1.99. The average molecular weight is 256 g/mol. The van der Waals surface area contributed by atoms with Gasteiger partial charge in [0.25, 0.3) is 0 Å². The van der Waals surface area contributed by atoms with Crippen LogP contribution in [-0.2, 0) is 6.54 Å². The Morgan fingerprint density at radius 1 is 1.21 bits per heavy atom. The molecule has 0 fully saturated rings. The van der Waals surface area contributed by atoms with Gasteiger partial charge in [-0.25, -0.2) is 4.79 Å². The number of hydrogen-bond acceptors (Lipinski definition) is 3. The minimum absolute atomic E-state index is 0.268. The standard InChI is InChI=1S/C15H16N2O2/c1-10-12(15(18)19)7-8-13(16)14(10)17-9-11-5-3-2-4-6-11/h2-8,17H,9,16H2,1H3,(H,18,19). The van der Waals surface area contributed by atoms with Gasteiger partial charge in [0.1, 0.15) is 0 Å². The first kappa shape index (κ1) is 13.0. The second-order valence-corrected chi connectivity index (χ2v) is 4.35. The smallest absolute Gasteiger partial charge is 0.336 e. The van der Waals surface area contributed by atoms with Crippen LogP contribution in [0.5, 0.6) is 0 Å². The fraction of sp³-hybridized carbons (Fsp3) is 0.133. The van der Waals surface area contributed by atoms with Crippen LogP contribution in [0.4, 0.5) is 11.4 Å². The number of carboxylic acid groups (broad SMARTS) is 1. The third-order valence-electron chi connectivity index (χ3n) is 3.04. The van der Waals surface area contributed by atoms with E-state index in [9.17, 15) is 4.79 Å². The SMILES string of the molecule is Cc1c(C(=O)O)ccc(N)c1NCc1ccccc1. The first-order valence-electron chi connectivity index (χ1n) is 5.99. The minimum Gasteiger partial charge on any atom is -0.478 e. The van der Waals surface area contributed by atoms with E-state index in [-0.39, 0.29) is 5.56 Å². The molecule has 0 saturated heterocycles. The number of nitrogens with one attached hydrogen (secondary N) is 1. The van der Waals surface area contributed by atoms with Crippen molar-refractivity contribution in [1.29, 1.82) is 0 Å². The van der Waals surface area contributed by atoms with Crippen molar-refractivity contribution in [3.63, 3.8) is 0 Å². The summed E-state index contributed by atoms with van der Waals surface area (Å²) in [5.41, 5.74) is 9.17. The van der Waals surface area contributed by atoms with Crippen molar-refractivity contribution in [2.24, 2.45) is 0 Å². The predicted molar refractivity (Wildman–Crippen MR) is 76.3 cm³/mol. The molecule has 0 unspecified atom stereocenters. The molecule has 0 aromatic heterocycles. The zero-order valence-corrected chi connectivity index (χ0v) is 10.7. The topological polar surface area (TPSA) is 75.3 Å². The van der Waals surface area contributed by atoms with Gasteiger partial charge >= 0.3 is 5.97 Å². The Hall–Kier alpha value is -2.49.